The number of rotatable bonds is 5. The minimum Gasteiger partial charge on any atom is -0.338 e. The lowest BCUT2D eigenvalue weighted by Gasteiger charge is -2.06. The molecule has 0 aliphatic carbocycles. The minimum absolute atomic E-state index is 0.0159. The van der Waals surface area contributed by atoms with Crippen molar-refractivity contribution in [3.05, 3.63) is 70.1 Å². The summed E-state index contributed by atoms with van der Waals surface area (Å²) in [4.78, 5) is 4.65. The third kappa shape index (κ3) is 3.35. The molecule has 28 heavy (non-hydrogen) atoms. The first-order valence-electron chi connectivity index (χ1n) is 9.38. The molecule has 7 heteroatoms. The number of nitrogens with one attached hydrogen (secondary N) is 1. The van der Waals surface area contributed by atoms with Crippen LogP contribution in [0.3, 0.4) is 0 Å². The van der Waals surface area contributed by atoms with Crippen LogP contribution < -0.4 is 0 Å². The highest BCUT2D eigenvalue weighted by molar-refractivity contribution is 5.55. The molecule has 1 atom stereocenters. The Bertz CT molecular complexity index is 1100. The maximum Gasteiger partial charge on any atom is 0.234 e. The van der Waals surface area contributed by atoms with Crippen LogP contribution in [0.2, 0.25) is 0 Å². The van der Waals surface area contributed by atoms with Crippen molar-refractivity contribution in [2.75, 3.05) is 0 Å². The van der Waals surface area contributed by atoms with Crippen molar-refractivity contribution in [3.63, 3.8) is 0 Å². The average molecular weight is 376 g/mol. The zero-order valence-electron chi connectivity index (χ0n) is 16.8. The second kappa shape index (κ2) is 7.07. The Hall–Kier alpha value is -3.22. The number of nitrogens with zero attached hydrogens (tertiary/aromatic N) is 5. The fourth-order valence-electron chi connectivity index (χ4n) is 3.67. The van der Waals surface area contributed by atoms with Crippen LogP contribution in [0.5, 0.6) is 0 Å². The SMILES string of the molecule is Cc1cc(C)n(Cc2cccc(-c3noc([C@H](C)c4c(C)n[nH]c4C)n3)c2)n1. The first-order chi connectivity index (χ1) is 13.4. The summed E-state index contributed by atoms with van der Waals surface area (Å²) in [5, 5.41) is 16.0. The summed E-state index contributed by atoms with van der Waals surface area (Å²) in [6, 6.07) is 10.3. The Kier molecular flexibility index (Phi) is 4.58. The molecule has 0 radical (unpaired) electrons. The van der Waals surface area contributed by atoms with Crippen LogP contribution in [0.25, 0.3) is 11.4 Å². The molecule has 3 heterocycles. The van der Waals surface area contributed by atoms with E-state index in [-0.39, 0.29) is 5.92 Å². The van der Waals surface area contributed by atoms with Crippen molar-refractivity contribution in [3.8, 4) is 11.4 Å². The van der Waals surface area contributed by atoms with E-state index in [0.29, 0.717) is 18.3 Å². The largest absolute Gasteiger partial charge is 0.338 e. The summed E-state index contributed by atoms with van der Waals surface area (Å²) in [6.45, 7) is 10.8. The van der Waals surface area contributed by atoms with Gasteiger partial charge in [0.2, 0.25) is 11.7 Å². The van der Waals surface area contributed by atoms with Crippen molar-refractivity contribution in [1.82, 2.24) is 30.1 Å². The van der Waals surface area contributed by atoms with Crippen LogP contribution in [0, 0.1) is 27.7 Å². The Morgan fingerprint density at radius 3 is 2.64 bits per heavy atom. The Morgan fingerprint density at radius 1 is 1.14 bits per heavy atom. The molecule has 1 N–H and O–H groups in total. The fourth-order valence-corrected chi connectivity index (χ4v) is 3.67. The monoisotopic (exact) mass is 376 g/mol. The molecule has 0 aliphatic heterocycles. The van der Waals surface area contributed by atoms with Crippen LogP contribution in [-0.4, -0.2) is 30.1 Å². The van der Waals surface area contributed by atoms with Gasteiger partial charge in [-0.3, -0.25) is 9.78 Å². The molecule has 0 saturated heterocycles. The lowest BCUT2D eigenvalue weighted by atomic mass is 9.99. The average Bonchev–Trinajstić information content (AvgIpc) is 3.35. The molecule has 0 bridgehead atoms. The molecule has 0 saturated carbocycles. The summed E-state index contributed by atoms with van der Waals surface area (Å²) in [6.07, 6.45) is 0. The highest BCUT2D eigenvalue weighted by Crippen LogP contribution is 2.28. The lowest BCUT2D eigenvalue weighted by Crippen LogP contribution is -2.04. The third-order valence-corrected chi connectivity index (χ3v) is 5.05. The summed E-state index contributed by atoms with van der Waals surface area (Å²) in [7, 11) is 0. The van der Waals surface area contributed by atoms with Gasteiger partial charge < -0.3 is 4.52 Å². The van der Waals surface area contributed by atoms with Crippen LogP contribution in [-0.2, 0) is 6.54 Å². The topological polar surface area (TPSA) is 85.4 Å². The van der Waals surface area contributed by atoms with Crippen LogP contribution in [0.1, 0.15) is 52.6 Å². The second-order valence-corrected chi connectivity index (χ2v) is 7.31. The van der Waals surface area contributed by atoms with Gasteiger partial charge in [0.15, 0.2) is 0 Å². The van der Waals surface area contributed by atoms with Crippen molar-refractivity contribution in [1.29, 1.82) is 0 Å². The van der Waals surface area contributed by atoms with Gasteiger partial charge in [-0.05, 0) is 52.3 Å². The molecule has 0 amide bonds. The number of aromatic amines is 1. The molecule has 4 rings (SSSR count). The summed E-state index contributed by atoms with van der Waals surface area (Å²) >= 11 is 0. The predicted molar refractivity (Wildman–Crippen MR) is 106 cm³/mol. The van der Waals surface area contributed by atoms with E-state index in [1.165, 1.54) is 0 Å². The van der Waals surface area contributed by atoms with Gasteiger partial charge in [0.25, 0.3) is 0 Å². The van der Waals surface area contributed by atoms with Crippen LogP contribution >= 0.6 is 0 Å². The van der Waals surface area contributed by atoms with Crippen molar-refractivity contribution in [2.45, 2.75) is 47.1 Å². The van der Waals surface area contributed by atoms with Gasteiger partial charge >= 0.3 is 0 Å². The van der Waals surface area contributed by atoms with Gasteiger partial charge in [0, 0.05) is 22.5 Å². The van der Waals surface area contributed by atoms with Gasteiger partial charge in [-0.15, -0.1) is 0 Å². The number of benzene rings is 1. The zero-order valence-corrected chi connectivity index (χ0v) is 16.8. The molecular weight excluding hydrogens is 352 g/mol. The summed E-state index contributed by atoms with van der Waals surface area (Å²) in [5.74, 6) is 1.17. The van der Waals surface area contributed by atoms with Crippen molar-refractivity contribution in [2.24, 2.45) is 0 Å². The molecule has 4 aromatic rings. The Balaban J connectivity index is 1.60. The standard InChI is InChI=1S/C21H24N6O/c1-12-9-13(2)27(25-12)11-17-7-6-8-18(10-17)20-22-21(28-26-20)14(3)19-15(4)23-24-16(19)5/h6-10,14H,11H2,1-5H3,(H,23,24)/t14-/m1/s1. The molecule has 0 unspecified atom stereocenters. The van der Waals surface area contributed by atoms with Crippen LogP contribution in [0.4, 0.5) is 0 Å². The predicted octanol–water partition coefficient (Wildman–Crippen LogP) is 4.09. The first kappa shape index (κ1) is 18.2. The van der Waals surface area contributed by atoms with E-state index in [2.05, 4.69) is 57.5 Å². The molecule has 7 nitrogen and oxygen atoms in total. The quantitative estimate of drug-likeness (QED) is 0.567. The maximum absolute atomic E-state index is 5.57. The van der Waals surface area contributed by atoms with Gasteiger partial charge in [-0.25, -0.2) is 0 Å². The molecular formula is C21H24N6O. The maximum atomic E-state index is 5.57. The molecule has 1 aromatic carbocycles. The highest BCUT2D eigenvalue weighted by Gasteiger charge is 2.22. The summed E-state index contributed by atoms with van der Waals surface area (Å²) in [5.41, 5.74) is 7.33. The van der Waals surface area contributed by atoms with Gasteiger partial charge in [0.05, 0.1) is 23.9 Å². The second-order valence-electron chi connectivity index (χ2n) is 7.31. The van der Waals surface area contributed by atoms with E-state index in [9.17, 15) is 0 Å². The van der Waals surface area contributed by atoms with Crippen LogP contribution in [0.15, 0.2) is 34.9 Å². The van der Waals surface area contributed by atoms with Crippen molar-refractivity contribution >= 4 is 0 Å². The van der Waals surface area contributed by atoms with E-state index in [0.717, 1.165) is 39.5 Å². The lowest BCUT2D eigenvalue weighted by molar-refractivity contribution is 0.370. The van der Waals surface area contributed by atoms with E-state index in [1.807, 2.05) is 37.6 Å². The summed E-state index contributed by atoms with van der Waals surface area (Å²) < 4.78 is 7.58. The smallest absolute Gasteiger partial charge is 0.234 e. The highest BCUT2D eigenvalue weighted by atomic mass is 16.5. The number of hydrogen-bond donors (Lipinski definition) is 1. The zero-order chi connectivity index (χ0) is 19.8. The molecule has 144 valence electrons. The Labute approximate surface area is 163 Å². The number of H-pyrrole nitrogens is 1. The third-order valence-electron chi connectivity index (χ3n) is 5.05. The number of aryl methyl sites for hydroxylation is 4. The van der Waals surface area contributed by atoms with Gasteiger partial charge in [-0.1, -0.05) is 23.4 Å². The normalized spacial score (nSPS) is 12.5. The van der Waals surface area contributed by atoms with E-state index in [1.54, 1.807) is 0 Å². The number of aromatic nitrogens is 6. The van der Waals surface area contributed by atoms with Gasteiger partial charge in [-0.2, -0.15) is 15.2 Å². The fraction of sp³-hybridized carbons (Fsp3) is 0.333. The van der Waals surface area contributed by atoms with E-state index < -0.39 is 0 Å². The number of hydrogen-bond acceptors (Lipinski definition) is 5. The van der Waals surface area contributed by atoms with E-state index in [4.69, 9.17) is 4.52 Å². The first-order valence-corrected chi connectivity index (χ1v) is 9.38. The van der Waals surface area contributed by atoms with Crippen molar-refractivity contribution < 1.29 is 4.52 Å². The van der Waals surface area contributed by atoms with E-state index >= 15 is 0 Å². The minimum atomic E-state index is -0.0159. The molecule has 3 aromatic heterocycles. The van der Waals surface area contributed by atoms with Gasteiger partial charge in [0.1, 0.15) is 0 Å². The molecule has 0 spiro atoms. The molecule has 0 fully saturated rings. The Morgan fingerprint density at radius 2 is 1.96 bits per heavy atom. The molecule has 0 aliphatic rings.